The first kappa shape index (κ1) is 24.6. The molecule has 13 heteroatoms. The van der Waals surface area contributed by atoms with E-state index in [1.54, 1.807) is 12.1 Å². The van der Waals surface area contributed by atoms with E-state index in [9.17, 15) is 27.6 Å². The Morgan fingerprint density at radius 1 is 1.15 bits per heavy atom. The molecule has 3 amide bonds. The Balaban J connectivity index is 1.58. The number of benzene rings is 1. The number of halogens is 4. The molecule has 1 atom stereocenters. The van der Waals surface area contributed by atoms with E-state index in [-0.39, 0.29) is 50.8 Å². The van der Waals surface area contributed by atoms with Crippen LogP contribution in [0.4, 0.5) is 24.5 Å². The van der Waals surface area contributed by atoms with Crippen LogP contribution in [-0.4, -0.2) is 56.2 Å². The highest BCUT2D eigenvalue weighted by Crippen LogP contribution is 2.39. The summed E-state index contributed by atoms with van der Waals surface area (Å²) in [6.07, 6.45) is -4.62. The average molecular weight is 562 g/mol. The highest BCUT2D eigenvalue weighted by Gasteiger charge is 2.44. The van der Waals surface area contributed by atoms with Gasteiger partial charge in [0.15, 0.2) is 0 Å². The Kier molecular flexibility index (Phi) is 6.99. The fourth-order valence-electron chi connectivity index (χ4n) is 3.71. The van der Waals surface area contributed by atoms with Crippen molar-refractivity contribution in [2.24, 2.45) is 0 Å². The minimum absolute atomic E-state index is 0.0149. The standard InChI is InChI=1S/C21H19BrF3N3O5S/c22-16-4-3-15(34-16)18(30)27-20(5-7-33-11-20)19(31)26-12-1-2-14(13(9-12)21(23,24)25)28-6-8-32-10-17(28)29/h1-4,9H,5-8,10-11H2,(H,26,31)(H,27,30). The predicted molar refractivity (Wildman–Crippen MR) is 121 cm³/mol. The van der Waals surface area contributed by atoms with Crippen LogP contribution < -0.4 is 15.5 Å². The van der Waals surface area contributed by atoms with Crippen molar-refractivity contribution in [3.05, 3.63) is 44.6 Å². The molecular weight excluding hydrogens is 543 g/mol. The molecule has 182 valence electrons. The lowest BCUT2D eigenvalue weighted by molar-refractivity contribution is -0.137. The summed E-state index contributed by atoms with van der Waals surface area (Å²) in [7, 11) is 0. The second-order valence-electron chi connectivity index (χ2n) is 7.72. The van der Waals surface area contributed by atoms with E-state index in [2.05, 4.69) is 26.6 Å². The van der Waals surface area contributed by atoms with Crippen LogP contribution in [-0.2, 0) is 25.2 Å². The molecule has 1 aromatic carbocycles. The quantitative estimate of drug-likeness (QED) is 0.583. The minimum atomic E-state index is -4.77. The van der Waals surface area contributed by atoms with Crippen molar-refractivity contribution in [3.8, 4) is 0 Å². The molecule has 2 aliphatic rings. The lowest BCUT2D eigenvalue weighted by atomic mass is 9.96. The second kappa shape index (κ2) is 9.64. The average Bonchev–Trinajstić information content (AvgIpc) is 3.43. The molecule has 2 N–H and O–H groups in total. The van der Waals surface area contributed by atoms with Gasteiger partial charge in [-0.25, -0.2) is 0 Å². The third-order valence-electron chi connectivity index (χ3n) is 5.44. The Morgan fingerprint density at radius 3 is 2.56 bits per heavy atom. The number of thiophene rings is 1. The van der Waals surface area contributed by atoms with Gasteiger partial charge >= 0.3 is 6.18 Å². The van der Waals surface area contributed by atoms with Crippen LogP contribution in [0.5, 0.6) is 0 Å². The molecule has 2 fully saturated rings. The molecule has 2 aromatic rings. The molecule has 0 aliphatic carbocycles. The SMILES string of the molecule is O=C(NC1(C(=O)Nc2ccc(N3CCOCC3=O)c(C(F)(F)F)c2)CCOC1)c1ccc(Br)s1. The van der Waals surface area contributed by atoms with Crippen molar-refractivity contribution in [2.75, 3.05) is 43.2 Å². The van der Waals surface area contributed by atoms with E-state index in [1.165, 1.54) is 17.4 Å². The molecule has 8 nitrogen and oxygen atoms in total. The first-order chi connectivity index (χ1) is 16.1. The summed E-state index contributed by atoms with van der Waals surface area (Å²) in [4.78, 5) is 39.3. The van der Waals surface area contributed by atoms with E-state index in [0.717, 1.165) is 20.8 Å². The minimum Gasteiger partial charge on any atom is -0.378 e. The zero-order chi connectivity index (χ0) is 24.5. The summed E-state index contributed by atoms with van der Waals surface area (Å²) in [5, 5.41) is 5.15. The Hall–Kier alpha value is -2.48. The smallest absolute Gasteiger partial charge is 0.378 e. The van der Waals surface area contributed by atoms with Crippen LogP contribution >= 0.6 is 27.3 Å². The Bertz CT molecular complexity index is 1120. The van der Waals surface area contributed by atoms with Crippen LogP contribution in [0, 0.1) is 0 Å². The normalized spacial score (nSPS) is 20.9. The molecule has 3 heterocycles. The van der Waals surface area contributed by atoms with Gasteiger partial charge in [-0.3, -0.25) is 14.4 Å². The van der Waals surface area contributed by atoms with Crippen molar-refractivity contribution >= 4 is 56.4 Å². The summed E-state index contributed by atoms with van der Waals surface area (Å²) < 4.78 is 52.5. The fourth-order valence-corrected chi connectivity index (χ4v) is 5.00. The van der Waals surface area contributed by atoms with Gasteiger partial charge in [-0.15, -0.1) is 11.3 Å². The maximum atomic E-state index is 13.8. The van der Waals surface area contributed by atoms with Crippen molar-refractivity contribution in [2.45, 2.75) is 18.1 Å². The lowest BCUT2D eigenvalue weighted by Crippen LogP contribution is -2.57. The van der Waals surface area contributed by atoms with E-state index < -0.39 is 35.0 Å². The van der Waals surface area contributed by atoms with E-state index in [1.807, 2.05) is 0 Å². The molecule has 2 saturated heterocycles. The molecule has 0 radical (unpaired) electrons. The van der Waals surface area contributed by atoms with Crippen molar-refractivity contribution in [1.82, 2.24) is 5.32 Å². The van der Waals surface area contributed by atoms with Gasteiger partial charge in [0.25, 0.3) is 17.7 Å². The molecular formula is C21H19BrF3N3O5S. The van der Waals surface area contributed by atoms with Crippen LogP contribution in [0.1, 0.15) is 21.7 Å². The number of nitrogens with zero attached hydrogens (tertiary/aromatic N) is 1. The second-order valence-corrected chi connectivity index (χ2v) is 10.2. The number of rotatable bonds is 5. The number of ether oxygens (including phenoxy) is 2. The molecule has 1 unspecified atom stereocenters. The number of alkyl halides is 3. The van der Waals surface area contributed by atoms with Crippen molar-refractivity contribution in [3.63, 3.8) is 0 Å². The third-order valence-corrected chi connectivity index (χ3v) is 7.06. The fraction of sp³-hybridized carbons (Fsp3) is 0.381. The van der Waals surface area contributed by atoms with Crippen molar-refractivity contribution < 1.29 is 37.0 Å². The third kappa shape index (κ3) is 5.11. The van der Waals surface area contributed by atoms with Crippen molar-refractivity contribution in [1.29, 1.82) is 0 Å². The van der Waals surface area contributed by atoms with Crippen LogP contribution in [0.3, 0.4) is 0 Å². The van der Waals surface area contributed by atoms with Gasteiger partial charge in [0.2, 0.25) is 0 Å². The van der Waals surface area contributed by atoms with Gasteiger partial charge in [0.1, 0.15) is 12.1 Å². The number of carbonyl (C=O) groups excluding carboxylic acids is 3. The van der Waals surface area contributed by atoms with Gasteiger partial charge in [0.05, 0.1) is 33.1 Å². The molecule has 2 aliphatic heterocycles. The van der Waals surface area contributed by atoms with Crippen LogP contribution in [0.25, 0.3) is 0 Å². The molecule has 0 saturated carbocycles. The molecule has 1 aromatic heterocycles. The van der Waals surface area contributed by atoms with Gasteiger partial charge in [-0.1, -0.05) is 0 Å². The summed E-state index contributed by atoms with van der Waals surface area (Å²) in [6.45, 7) is -0.125. The largest absolute Gasteiger partial charge is 0.418 e. The summed E-state index contributed by atoms with van der Waals surface area (Å²) in [5.74, 6) is -1.77. The summed E-state index contributed by atoms with van der Waals surface area (Å²) >= 11 is 4.45. The summed E-state index contributed by atoms with van der Waals surface area (Å²) in [6, 6.07) is 6.48. The number of morpholine rings is 1. The summed E-state index contributed by atoms with van der Waals surface area (Å²) in [5.41, 5.74) is -2.94. The highest BCUT2D eigenvalue weighted by molar-refractivity contribution is 9.11. The van der Waals surface area contributed by atoms with Gasteiger partial charge < -0.3 is 25.0 Å². The lowest BCUT2D eigenvalue weighted by Gasteiger charge is -2.30. The molecule has 34 heavy (non-hydrogen) atoms. The maximum Gasteiger partial charge on any atom is 0.418 e. The van der Waals surface area contributed by atoms with E-state index in [0.29, 0.717) is 4.88 Å². The number of carbonyl (C=O) groups is 3. The number of amides is 3. The molecule has 4 rings (SSSR count). The topological polar surface area (TPSA) is 97.0 Å². The number of anilines is 2. The van der Waals surface area contributed by atoms with Gasteiger partial charge in [-0.2, -0.15) is 13.2 Å². The molecule has 0 spiro atoms. The van der Waals surface area contributed by atoms with Crippen LogP contribution in [0.15, 0.2) is 34.1 Å². The monoisotopic (exact) mass is 561 g/mol. The number of hydrogen-bond donors (Lipinski definition) is 2. The Labute approximate surface area is 204 Å². The highest BCUT2D eigenvalue weighted by atomic mass is 79.9. The number of hydrogen-bond acceptors (Lipinski definition) is 6. The van der Waals surface area contributed by atoms with Gasteiger partial charge in [0, 0.05) is 25.3 Å². The van der Waals surface area contributed by atoms with Gasteiger partial charge in [-0.05, 0) is 46.3 Å². The number of nitrogens with one attached hydrogen (secondary N) is 2. The van der Waals surface area contributed by atoms with Crippen LogP contribution in [0.2, 0.25) is 0 Å². The first-order valence-corrected chi connectivity index (χ1v) is 11.8. The first-order valence-electron chi connectivity index (χ1n) is 10.2. The predicted octanol–water partition coefficient (Wildman–Crippen LogP) is 3.42. The van der Waals surface area contributed by atoms with E-state index in [4.69, 9.17) is 9.47 Å². The Morgan fingerprint density at radius 2 is 1.94 bits per heavy atom. The maximum absolute atomic E-state index is 13.8. The zero-order valence-electron chi connectivity index (χ0n) is 17.5. The molecule has 0 bridgehead atoms. The van der Waals surface area contributed by atoms with E-state index >= 15 is 0 Å². The zero-order valence-corrected chi connectivity index (χ0v) is 19.9.